The Morgan fingerprint density at radius 1 is 1.00 bits per heavy atom. The molecule has 1 aromatic rings. The van der Waals surface area contributed by atoms with E-state index in [0.717, 1.165) is 0 Å². The van der Waals surface area contributed by atoms with E-state index < -0.39 is 20.7 Å². The molecule has 0 N–H and O–H groups in total. The van der Waals surface area contributed by atoms with Gasteiger partial charge in [0.15, 0.2) is 10.1 Å². The molecule has 1 rings (SSSR count). The van der Waals surface area contributed by atoms with Gasteiger partial charge in [0.05, 0.1) is 0 Å². The summed E-state index contributed by atoms with van der Waals surface area (Å²) < 4.78 is 47.3. The van der Waals surface area contributed by atoms with E-state index in [-0.39, 0.29) is 53.7 Å². The van der Waals surface area contributed by atoms with Crippen molar-refractivity contribution in [1.82, 2.24) is 0 Å². The molecule has 0 spiro atoms. The summed E-state index contributed by atoms with van der Waals surface area (Å²) in [6.07, 6.45) is 0.661. The average Bonchev–Trinajstić information content (AvgIpc) is 2.35. The van der Waals surface area contributed by atoms with Gasteiger partial charge in [0.1, 0.15) is 5.75 Å². The molecule has 5 nitrogen and oxygen atoms in total. The largest absolute Gasteiger partial charge is 1.00 e. The fourth-order valence-electron chi connectivity index (χ4n) is 3.30. The maximum Gasteiger partial charge on any atom is 1.00 e. The molecule has 0 amide bonds. The Labute approximate surface area is 174 Å². The van der Waals surface area contributed by atoms with Crippen LogP contribution in [0.3, 0.4) is 0 Å². The SMILES string of the molecule is CCOC(CC(C)(C)CC(C)(C)C)(Oc1ccccc1)S(=O)(=O)[O-].[Na+]. The van der Waals surface area contributed by atoms with Gasteiger partial charge >= 0.3 is 34.7 Å². The topological polar surface area (TPSA) is 75.7 Å². The Morgan fingerprint density at radius 3 is 1.92 bits per heavy atom. The van der Waals surface area contributed by atoms with Gasteiger partial charge in [-0.25, -0.2) is 8.42 Å². The molecule has 25 heavy (non-hydrogen) atoms. The van der Waals surface area contributed by atoms with E-state index >= 15 is 0 Å². The predicted molar refractivity (Wildman–Crippen MR) is 93.6 cm³/mol. The molecule has 0 aliphatic heterocycles. The molecule has 1 unspecified atom stereocenters. The molecule has 0 aromatic heterocycles. The standard InChI is InChI=1S/C18H30O5S.Na/c1-7-22-18(24(19,20)21,23-15-11-9-8-10-12-15)14-17(5,6)13-16(2,3)4;/h8-12H,7,13-14H2,1-6H3,(H,19,20,21);/q;+1/p-1. The van der Waals surface area contributed by atoms with Crippen LogP contribution in [0.5, 0.6) is 5.75 Å². The minimum atomic E-state index is -4.87. The van der Waals surface area contributed by atoms with Crippen molar-refractivity contribution in [2.75, 3.05) is 6.61 Å². The van der Waals surface area contributed by atoms with Gasteiger partial charge in [-0.3, -0.25) is 0 Å². The second-order valence-electron chi connectivity index (χ2n) is 8.06. The second-order valence-corrected chi connectivity index (χ2v) is 9.59. The minimum Gasteiger partial charge on any atom is -0.743 e. The third kappa shape index (κ3) is 7.97. The Hall–Kier alpha value is -0.110. The second kappa shape index (κ2) is 9.20. The number of rotatable bonds is 8. The maximum atomic E-state index is 12.1. The predicted octanol–water partition coefficient (Wildman–Crippen LogP) is 1.16. The summed E-state index contributed by atoms with van der Waals surface area (Å²) >= 11 is 0. The molecule has 138 valence electrons. The average molecular weight is 380 g/mol. The monoisotopic (exact) mass is 380 g/mol. The van der Waals surface area contributed by atoms with Crippen LogP contribution in [0.4, 0.5) is 0 Å². The van der Waals surface area contributed by atoms with Crippen molar-refractivity contribution in [3.05, 3.63) is 30.3 Å². The van der Waals surface area contributed by atoms with Crippen LogP contribution < -0.4 is 34.3 Å². The van der Waals surface area contributed by atoms with E-state index in [9.17, 15) is 13.0 Å². The Morgan fingerprint density at radius 2 is 1.52 bits per heavy atom. The van der Waals surface area contributed by atoms with Crippen molar-refractivity contribution in [1.29, 1.82) is 0 Å². The maximum absolute atomic E-state index is 12.1. The van der Waals surface area contributed by atoms with Gasteiger partial charge in [0, 0.05) is 13.0 Å². The molecule has 0 heterocycles. The fraction of sp³-hybridized carbons (Fsp3) is 0.667. The number of hydrogen-bond acceptors (Lipinski definition) is 5. The molecule has 0 radical (unpaired) electrons. The molecule has 0 saturated heterocycles. The van der Waals surface area contributed by atoms with Crippen LogP contribution in [0.15, 0.2) is 30.3 Å². The van der Waals surface area contributed by atoms with Gasteiger partial charge < -0.3 is 14.0 Å². The molecule has 1 atom stereocenters. The van der Waals surface area contributed by atoms with Gasteiger partial charge in [-0.15, -0.1) is 0 Å². The molecule has 0 aliphatic carbocycles. The summed E-state index contributed by atoms with van der Waals surface area (Å²) in [5.74, 6) is 0.289. The van der Waals surface area contributed by atoms with Crippen LogP contribution in [0.1, 0.15) is 54.4 Å². The zero-order chi connectivity index (χ0) is 18.6. The van der Waals surface area contributed by atoms with E-state index in [1.165, 1.54) is 0 Å². The molecule has 0 saturated carbocycles. The van der Waals surface area contributed by atoms with E-state index in [2.05, 4.69) is 20.8 Å². The number of hydrogen-bond donors (Lipinski definition) is 0. The van der Waals surface area contributed by atoms with Crippen LogP contribution in [0.2, 0.25) is 0 Å². The number of benzene rings is 1. The first-order valence-corrected chi connectivity index (χ1v) is 9.55. The summed E-state index contributed by atoms with van der Waals surface area (Å²) in [6, 6.07) is 8.42. The number of ether oxygens (including phenoxy) is 2. The Kier molecular flexibility index (Phi) is 9.16. The summed E-state index contributed by atoms with van der Waals surface area (Å²) in [7, 11) is -4.87. The molecule has 1 aromatic carbocycles. The van der Waals surface area contributed by atoms with Gasteiger partial charge in [0.2, 0.25) is 0 Å². The fourth-order valence-corrected chi connectivity index (χ4v) is 4.33. The first-order chi connectivity index (χ1) is 10.8. The molecule has 0 fully saturated rings. The summed E-state index contributed by atoms with van der Waals surface area (Å²) in [5, 5.41) is -2.24. The quantitative estimate of drug-likeness (QED) is 0.384. The van der Waals surface area contributed by atoms with Crippen molar-refractivity contribution >= 4 is 10.1 Å². The van der Waals surface area contributed by atoms with Crippen LogP contribution in [-0.4, -0.2) is 24.7 Å². The normalized spacial score (nSPS) is 15.2. The Balaban J connectivity index is 0.00000576. The van der Waals surface area contributed by atoms with Crippen LogP contribution in [-0.2, 0) is 14.9 Å². The first kappa shape index (κ1) is 24.9. The van der Waals surface area contributed by atoms with Crippen molar-refractivity contribution in [2.24, 2.45) is 10.8 Å². The summed E-state index contributed by atoms with van der Waals surface area (Å²) in [4.78, 5) is 0. The molecule has 0 aliphatic rings. The molecular weight excluding hydrogens is 351 g/mol. The van der Waals surface area contributed by atoms with E-state index in [1.54, 1.807) is 37.3 Å². The van der Waals surface area contributed by atoms with Gasteiger partial charge in [0.25, 0.3) is 0 Å². The zero-order valence-electron chi connectivity index (χ0n) is 16.5. The van der Waals surface area contributed by atoms with E-state index in [0.29, 0.717) is 6.42 Å². The molecular formula is C18H29NaO5S. The van der Waals surface area contributed by atoms with Crippen LogP contribution >= 0.6 is 0 Å². The third-order valence-electron chi connectivity index (χ3n) is 3.47. The van der Waals surface area contributed by atoms with E-state index in [4.69, 9.17) is 9.47 Å². The number of para-hydroxylation sites is 1. The van der Waals surface area contributed by atoms with Gasteiger partial charge in [-0.05, 0) is 36.3 Å². The van der Waals surface area contributed by atoms with Crippen LogP contribution in [0.25, 0.3) is 0 Å². The van der Waals surface area contributed by atoms with Crippen molar-refractivity contribution in [3.8, 4) is 5.75 Å². The molecule has 0 bridgehead atoms. The van der Waals surface area contributed by atoms with E-state index in [1.807, 2.05) is 13.8 Å². The first-order valence-electron chi connectivity index (χ1n) is 8.14. The van der Waals surface area contributed by atoms with Crippen molar-refractivity contribution in [2.45, 2.75) is 59.5 Å². The summed E-state index contributed by atoms with van der Waals surface area (Å²) in [5.41, 5.74) is -0.499. The van der Waals surface area contributed by atoms with Crippen LogP contribution in [0, 0.1) is 10.8 Å². The van der Waals surface area contributed by atoms with Gasteiger partial charge in [-0.1, -0.05) is 52.8 Å². The van der Waals surface area contributed by atoms with Gasteiger partial charge in [-0.2, -0.15) is 0 Å². The molecule has 7 heteroatoms. The minimum absolute atomic E-state index is 0. The van der Waals surface area contributed by atoms with Crippen molar-refractivity contribution < 1.29 is 52.0 Å². The Bertz CT molecular complexity index is 623. The van der Waals surface area contributed by atoms with Crippen molar-refractivity contribution in [3.63, 3.8) is 0 Å². The summed E-state index contributed by atoms with van der Waals surface area (Å²) in [6.45, 7) is 11.8. The smallest absolute Gasteiger partial charge is 0.743 e. The zero-order valence-corrected chi connectivity index (χ0v) is 19.3. The third-order valence-corrected chi connectivity index (χ3v) is 4.57.